The Bertz CT molecular complexity index is 662. The molecule has 0 radical (unpaired) electrons. The molecule has 0 saturated heterocycles. The molecule has 2 aromatic rings. The molecule has 6 heteroatoms. The molecule has 0 aliphatic heterocycles. The Balaban J connectivity index is 2.10. The van der Waals surface area contributed by atoms with Crippen molar-refractivity contribution >= 4 is 27.6 Å². The van der Waals surface area contributed by atoms with Gasteiger partial charge >= 0.3 is 5.97 Å². The lowest BCUT2D eigenvalue weighted by Gasteiger charge is -2.08. The fraction of sp³-hybridized carbons (Fsp3) is 0.0714. The summed E-state index contributed by atoms with van der Waals surface area (Å²) in [6.45, 7) is -0.286. The van der Waals surface area contributed by atoms with Crippen LogP contribution < -0.4 is 5.73 Å². The van der Waals surface area contributed by atoms with Crippen molar-refractivity contribution in [3.05, 3.63) is 63.6 Å². The van der Waals surface area contributed by atoms with Gasteiger partial charge in [-0.05, 0) is 46.3 Å². The van der Waals surface area contributed by atoms with Gasteiger partial charge < -0.3 is 10.5 Å². The molecule has 2 N–H and O–H groups in total. The van der Waals surface area contributed by atoms with Crippen LogP contribution in [0.2, 0.25) is 0 Å². The van der Waals surface area contributed by atoms with Crippen molar-refractivity contribution in [1.82, 2.24) is 0 Å². The summed E-state index contributed by atoms with van der Waals surface area (Å²) in [5, 5.41) is 0. The van der Waals surface area contributed by atoms with Gasteiger partial charge in [0.15, 0.2) is 0 Å². The summed E-state index contributed by atoms with van der Waals surface area (Å²) in [4.78, 5) is 11.9. The summed E-state index contributed by atoms with van der Waals surface area (Å²) in [6.07, 6.45) is 0. The van der Waals surface area contributed by atoms with E-state index in [4.69, 9.17) is 10.5 Å². The number of ether oxygens (including phenoxy) is 1. The predicted octanol–water partition coefficient (Wildman–Crippen LogP) is 3.67. The average molecular weight is 342 g/mol. The Morgan fingerprint density at radius 2 is 1.95 bits per heavy atom. The number of carbonyl (C=O) groups excluding carboxylic acids is 1. The summed E-state index contributed by atoms with van der Waals surface area (Å²) < 4.78 is 31.6. The van der Waals surface area contributed by atoms with Crippen molar-refractivity contribution in [2.24, 2.45) is 0 Å². The summed E-state index contributed by atoms with van der Waals surface area (Å²) >= 11 is 3.20. The Hall–Kier alpha value is -1.95. The van der Waals surface area contributed by atoms with Crippen LogP contribution in [0.5, 0.6) is 0 Å². The minimum atomic E-state index is -0.760. The number of hydrogen-bond donors (Lipinski definition) is 1. The molecule has 2 aromatic carbocycles. The van der Waals surface area contributed by atoms with Crippen molar-refractivity contribution in [3.63, 3.8) is 0 Å². The van der Waals surface area contributed by atoms with Crippen molar-refractivity contribution in [2.75, 3.05) is 5.73 Å². The summed E-state index contributed by atoms with van der Waals surface area (Å²) in [5.41, 5.74) is 6.33. The minimum Gasteiger partial charge on any atom is -0.457 e. The van der Waals surface area contributed by atoms with E-state index in [0.717, 1.165) is 12.1 Å². The smallest absolute Gasteiger partial charge is 0.339 e. The molecule has 0 amide bonds. The monoisotopic (exact) mass is 341 g/mol. The number of nitrogens with two attached hydrogens (primary N) is 1. The number of rotatable bonds is 3. The second kappa shape index (κ2) is 6.00. The first-order valence-electron chi connectivity index (χ1n) is 5.63. The third kappa shape index (κ3) is 3.33. The van der Waals surface area contributed by atoms with E-state index in [1.807, 2.05) is 0 Å². The van der Waals surface area contributed by atoms with Gasteiger partial charge in [0.1, 0.15) is 18.2 Å². The van der Waals surface area contributed by atoms with E-state index in [1.54, 1.807) is 12.1 Å². The van der Waals surface area contributed by atoms with Crippen molar-refractivity contribution in [2.45, 2.75) is 6.61 Å². The molecule has 0 unspecified atom stereocenters. The van der Waals surface area contributed by atoms with E-state index in [0.29, 0.717) is 10.2 Å². The maximum absolute atomic E-state index is 13.4. The van der Waals surface area contributed by atoms with Crippen molar-refractivity contribution < 1.29 is 18.3 Å². The summed E-state index contributed by atoms with van der Waals surface area (Å²) in [5.74, 6) is -2.09. The number of carbonyl (C=O) groups is 1. The van der Waals surface area contributed by atoms with Gasteiger partial charge in [-0.25, -0.2) is 13.6 Å². The third-order valence-corrected chi connectivity index (χ3v) is 3.28. The van der Waals surface area contributed by atoms with E-state index in [9.17, 15) is 13.6 Å². The molecular weight excluding hydrogens is 332 g/mol. The van der Waals surface area contributed by atoms with Gasteiger partial charge in [-0.3, -0.25) is 0 Å². The highest BCUT2D eigenvalue weighted by atomic mass is 79.9. The summed E-state index contributed by atoms with van der Waals surface area (Å²) in [6, 6.07) is 7.76. The highest BCUT2D eigenvalue weighted by molar-refractivity contribution is 9.10. The number of esters is 1. The molecule has 0 saturated carbocycles. The van der Waals surface area contributed by atoms with Crippen LogP contribution in [0.1, 0.15) is 15.9 Å². The fourth-order valence-electron chi connectivity index (χ4n) is 1.56. The van der Waals surface area contributed by atoms with E-state index in [2.05, 4.69) is 15.9 Å². The molecular formula is C14H10BrF2NO2. The minimum absolute atomic E-state index is 0.0970. The Labute approximate surface area is 122 Å². The molecule has 2 rings (SSSR count). The molecule has 0 aliphatic carbocycles. The zero-order valence-corrected chi connectivity index (χ0v) is 11.8. The summed E-state index contributed by atoms with van der Waals surface area (Å²) in [7, 11) is 0. The van der Waals surface area contributed by atoms with Gasteiger partial charge in [-0.2, -0.15) is 0 Å². The molecule has 0 spiro atoms. The molecule has 3 nitrogen and oxygen atoms in total. The van der Waals surface area contributed by atoms with Gasteiger partial charge in [0.05, 0.1) is 5.56 Å². The van der Waals surface area contributed by atoms with Crippen LogP contribution in [-0.4, -0.2) is 5.97 Å². The SMILES string of the molecule is Nc1ccc(Br)c(C(=O)OCc2ccc(F)cc2F)c1. The quantitative estimate of drug-likeness (QED) is 0.684. The van der Waals surface area contributed by atoms with Gasteiger partial charge in [0.25, 0.3) is 0 Å². The first kappa shape index (κ1) is 14.5. The second-order valence-electron chi connectivity index (χ2n) is 4.05. The first-order chi connectivity index (χ1) is 9.47. The Morgan fingerprint density at radius 1 is 1.20 bits per heavy atom. The molecule has 0 bridgehead atoms. The maximum atomic E-state index is 13.4. The van der Waals surface area contributed by atoms with E-state index in [1.165, 1.54) is 12.1 Å². The highest BCUT2D eigenvalue weighted by Gasteiger charge is 2.13. The number of nitrogen functional groups attached to an aromatic ring is 1. The van der Waals surface area contributed by atoms with Crippen LogP contribution in [0.15, 0.2) is 40.9 Å². The van der Waals surface area contributed by atoms with Crippen LogP contribution in [0.4, 0.5) is 14.5 Å². The third-order valence-electron chi connectivity index (χ3n) is 2.58. The van der Waals surface area contributed by atoms with Crippen LogP contribution in [-0.2, 0) is 11.3 Å². The van der Waals surface area contributed by atoms with E-state index in [-0.39, 0.29) is 17.7 Å². The molecule has 0 aliphatic rings. The van der Waals surface area contributed by atoms with Gasteiger partial charge in [-0.1, -0.05) is 0 Å². The average Bonchev–Trinajstić information content (AvgIpc) is 2.40. The van der Waals surface area contributed by atoms with Crippen LogP contribution in [0.3, 0.4) is 0 Å². The van der Waals surface area contributed by atoms with Crippen LogP contribution in [0.25, 0.3) is 0 Å². The predicted molar refractivity (Wildman–Crippen MR) is 74.0 cm³/mol. The second-order valence-corrected chi connectivity index (χ2v) is 4.91. The fourth-order valence-corrected chi connectivity index (χ4v) is 1.97. The van der Waals surface area contributed by atoms with Crippen LogP contribution >= 0.6 is 15.9 Å². The lowest BCUT2D eigenvalue weighted by atomic mass is 10.2. The number of hydrogen-bond acceptors (Lipinski definition) is 3. The zero-order chi connectivity index (χ0) is 14.7. The molecule has 0 fully saturated rings. The van der Waals surface area contributed by atoms with Gasteiger partial charge in [0.2, 0.25) is 0 Å². The number of anilines is 1. The van der Waals surface area contributed by atoms with Gasteiger partial charge in [0, 0.05) is 21.8 Å². The standard InChI is InChI=1S/C14H10BrF2NO2/c15-12-4-3-10(18)6-11(12)14(19)20-7-8-1-2-9(16)5-13(8)17/h1-6H,7,18H2. The zero-order valence-electron chi connectivity index (χ0n) is 10.2. The Kier molecular flexibility index (Phi) is 4.34. The molecule has 104 valence electrons. The van der Waals surface area contributed by atoms with Gasteiger partial charge in [-0.15, -0.1) is 0 Å². The largest absolute Gasteiger partial charge is 0.457 e. The van der Waals surface area contributed by atoms with E-state index >= 15 is 0 Å². The van der Waals surface area contributed by atoms with Crippen molar-refractivity contribution in [1.29, 1.82) is 0 Å². The number of halogens is 3. The first-order valence-corrected chi connectivity index (χ1v) is 6.43. The lowest BCUT2D eigenvalue weighted by Crippen LogP contribution is -2.07. The van der Waals surface area contributed by atoms with Crippen molar-refractivity contribution in [3.8, 4) is 0 Å². The molecule has 0 atom stereocenters. The van der Waals surface area contributed by atoms with E-state index < -0.39 is 17.6 Å². The Morgan fingerprint density at radius 3 is 2.65 bits per heavy atom. The molecule has 20 heavy (non-hydrogen) atoms. The number of benzene rings is 2. The maximum Gasteiger partial charge on any atom is 0.339 e. The molecule has 0 aromatic heterocycles. The highest BCUT2D eigenvalue weighted by Crippen LogP contribution is 2.21. The topological polar surface area (TPSA) is 52.3 Å². The normalized spacial score (nSPS) is 10.3. The lowest BCUT2D eigenvalue weighted by molar-refractivity contribution is 0.0468. The van der Waals surface area contributed by atoms with Crippen LogP contribution in [0, 0.1) is 11.6 Å². The molecule has 0 heterocycles.